The van der Waals surface area contributed by atoms with E-state index in [0.717, 1.165) is 12.8 Å². The molecule has 0 aromatic carbocycles. The third-order valence-corrected chi connectivity index (χ3v) is 3.39. The maximum absolute atomic E-state index is 9.94. The van der Waals surface area contributed by atoms with E-state index in [1.807, 2.05) is 6.92 Å². The van der Waals surface area contributed by atoms with E-state index in [1.54, 1.807) is 0 Å². The van der Waals surface area contributed by atoms with Crippen LogP contribution in [0.3, 0.4) is 0 Å². The Morgan fingerprint density at radius 1 is 1.40 bits per heavy atom. The summed E-state index contributed by atoms with van der Waals surface area (Å²) < 4.78 is 5.03. The van der Waals surface area contributed by atoms with Gasteiger partial charge in [0.1, 0.15) is 0 Å². The SMILES string of the molecule is CC(C)[C@@H]1CC[C@@](C)(OB(O)O)C[C@H]1O. The number of hydrogen-bond donors (Lipinski definition) is 3. The van der Waals surface area contributed by atoms with Gasteiger partial charge < -0.3 is 19.8 Å². The lowest BCUT2D eigenvalue weighted by atomic mass is 9.73. The van der Waals surface area contributed by atoms with Gasteiger partial charge in [-0.25, -0.2) is 0 Å². The predicted octanol–water partition coefficient (Wildman–Crippen LogP) is 0.548. The average Bonchev–Trinajstić information content (AvgIpc) is 1.99. The summed E-state index contributed by atoms with van der Waals surface area (Å²) in [4.78, 5) is 0. The lowest BCUT2D eigenvalue weighted by Crippen LogP contribution is -2.46. The molecule has 0 saturated heterocycles. The fourth-order valence-corrected chi connectivity index (χ4v) is 2.50. The zero-order chi connectivity index (χ0) is 11.6. The molecule has 0 aromatic rings. The standard InChI is InChI=1S/C10H21BO4/c1-7(2)8-4-5-10(3,6-9(8)12)15-11(13)14/h7-9,12-14H,4-6H2,1-3H3/t8-,9+,10+/m0/s1. The highest BCUT2D eigenvalue weighted by molar-refractivity contribution is 6.32. The molecule has 1 saturated carbocycles. The molecule has 0 heterocycles. The van der Waals surface area contributed by atoms with Crippen molar-refractivity contribution in [3.63, 3.8) is 0 Å². The Kier molecular flexibility index (Phi) is 4.17. The normalized spacial score (nSPS) is 37.0. The van der Waals surface area contributed by atoms with Crippen molar-refractivity contribution in [1.82, 2.24) is 0 Å². The van der Waals surface area contributed by atoms with Crippen molar-refractivity contribution >= 4 is 7.32 Å². The van der Waals surface area contributed by atoms with Gasteiger partial charge in [0.2, 0.25) is 0 Å². The third-order valence-electron chi connectivity index (χ3n) is 3.39. The summed E-state index contributed by atoms with van der Waals surface area (Å²) in [6.07, 6.45) is 1.67. The summed E-state index contributed by atoms with van der Waals surface area (Å²) in [5.41, 5.74) is -0.612. The second-order valence-corrected chi connectivity index (χ2v) is 5.11. The monoisotopic (exact) mass is 216 g/mol. The molecule has 3 atom stereocenters. The molecule has 4 nitrogen and oxygen atoms in total. The van der Waals surface area contributed by atoms with Gasteiger partial charge in [-0.15, -0.1) is 0 Å². The molecule has 1 aliphatic rings. The van der Waals surface area contributed by atoms with E-state index in [4.69, 9.17) is 14.7 Å². The second-order valence-electron chi connectivity index (χ2n) is 5.11. The maximum atomic E-state index is 9.94. The molecule has 1 fully saturated rings. The van der Waals surface area contributed by atoms with Crippen LogP contribution in [0.4, 0.5) is 0 Å². The van der Waals surface area contributed by atoms with Gasteiger partial charge in [-0.1, -0.05) is 13.8 Å². The smallest absolute Gasteiger partial charge is 0.402 e. The predicted molar refractivity (Wildman–Crippen MR) is 57.9 cm³/mol. The molecular formula is C10H21BO4. The molecule has 88 valence electrons. The largest absolute Gasteiger partial charge is 0.634 e. The van der Waals surface area contributed by atoms with Crippen LogP contribution in [0.5, 0.6) is 0 Å². The van der Waals surface area contributed by atoms with Gasteiger partial charge in [0.05, 0.1) is 11.7 Å². The van der Waals surface area contributed by atoms with Crippen LogP contribution in [0.15, 0.2) is 0 Å². The third kappa shape index (κ3) is 3.45. The fourth-order valence-electron chi connectivity index (χ4n) is 2.50. The van der Waals surface area contributed by atoms with Crippen molar-refractivity contribution in [2.45, 2.75) is 51.7 Å². The van der Waals surface area contributed by atoms with E-state index in [9.17, 15) is 5.11 Å². The fraction of sp³-hybridized carbons (Fsp3) is 1.00. The summed E-state index contributed by atoms with van der Waals surface area (Å²) in [6.45, 7) is 6.00. The highest BCUT2D eigenvalue weighted by Crippen LogP contribution is 2.38. The first-order chi connectivity index (χ1) is 6.84. The van der Waals surface area contributed by atoms with E-state index in [2.05, 4.69) is 13.8 Å². The Labute approximate surface area is 91.4 Å². The topological polar surface area (TPSA) is 69.9 Å². The van der Waals surface area contributed by atoms with Crippen LogP contribution in [0.25, 0.3) is 0 Å². The molecule has 0 unspecified atom stereocenters. The Bertz CT molecular complexity index is 210. The van der Waals surface area contributed by atoms with Crippen LogP contribution >= 0.6 is 0 Å². The molecule has 0 aliphatic heterocycles. The van der Waals surface area contributed by atoms with Gasteiger partial charge in [-0.3, -0.25) is 0 Å². The van der Waals surface area contributed by atoms with Crippen LogP contribution < -0.4 is 0 Å². The van der Waals surface area contributed by atoms with E-state index in [-0.39, 0.29) is 5.92 Å². The molecular weight excluding hydrogens is 195 g/mol. The zero-order valence-electron chi connectivity index (χ0n) is 9.68. The van der Waals surface area contributed by atoms with Gasteiger partial charge in [0.15, 0.2) is 0 Å². The van der Waals surface area contributed by atoms with Crippen molar-refractivity contribution in [1.29, 1.82) is 0 Å². The number of aliphatic hydroxyl groups excluding tert-OH is 1. The molecule has 15 heavy (non-hydrogen) atoms. The molecule has 5 heteroatoms. The number of aliphatic hydroxyl groups is 1. The summed E-state index contributed by atoms with van der Waals surface area (Å²) in [6, 6.07) is 0. The lowest BCUT2D eigenvalue weighted by molar-refractivity contribution is -0.0717. The van der Waals surface area contributed by atoms with Crippen LogP contribution in [0.2, 0.25) is 0 Å². The minimum atomic E-state index is -1.75. The van der Waals surface area contributed by atoms with Gasteiger partial charge >= 0.3 is 7.32 Å². The van der Waals surface area contributed by atoms with Crippen molar-refractivity contribution in [3.8, 4) is 0 Å². The zero-order valence-corrected chi connectivity index (χ0v) is 9.68. The summed E-state index contributed by atoms with van der Waals surface area (Å²) in [5, 5.41) is 27.5. The minimum absolute atomic E-state index is 0.289. The summed E-state index contributed by atoms with van der Waals surface area (Å²) in [7, 11) is -1.75. The Morgan fingerprint density at radius 2 is 2.00 bits per heavy atom. The second kappa shape index (κ2) is 4.83. The van der Waals surface area contributed by atoms with Crippen LogP contribution in [-0.4, -0.2) is 34.2 Å². The number of rotatable bonds is 3. The molecule has 3 N–H and O–H groups in total. The van der Waals surface area contributed by atoms with Crippen LogP contribution in [0, 0.1) is 11.8 Å². The Morgan fingerprint density at radius 3 is 2.40 bits per heavy atom. The van der Waals surface area contributed by atoms with Crippen LogP contribution in [0.1, 0.15) is 40.0 Å². The summed E-state index contributed by atoms with van der Waals surface area (Å²) >= 11 is 0. The summed E-state index contributed by atoms with van der Waals surface area (Å²) in [5.74, 6) is 0.737. The molecule has 0 amide bonds. The van der Waals surface area contributed by atoms with Gasteiger partial charge in [-0.05, 0) is 31.6 Å². The molecule has 0 bridgehead atoms. The molecule has 1 aliphatic carbocycles. The van der Waals surface area contributed by atoms with Gasteiger partial charge in [-0.2, -0.15) is 0 Å². The first-order valence-electron chi connectivity index (χ1n) is 5.56. The quantitative estimate of drug-likeness (QED) is 0.602. The first kappa shape index (κ1) is 13.0. The van der Waals surface area contributed by atoms with Gasteiger partial charge in [0, 0.05) is 6.42 Å². The Hall–Kier alpha value is -0.0951. The molecule has 0 aromatic heterocycles. The van der Waals surface area contributed by atoms with Gasteiger partial charge in [0.25, 0.3) is 0 Å². The van der Waals surface area contributed by atoms with Crippen molar-refractivity contribution in [2.24, 2.45) is 11.8 Å². The van der Waals surface area contributed by atoms with E-state index < -0.39 is 19.0 Å². The van der Waals surface area contributed by atoms with Crippen molar-refractivity contribution in [2.75, 3.05) is 0 Å². The Balaban J connectivity index is 2.56. The molecule has 1 rings (SSSR count). The van der Waals surface area contributed by atoms with E-state index in [1.165, 1.54) is 0 Å². The highest BCUT2D eigenvalue weighted by atomic mass is 16.6. The number of hydrogen-bond acceptors (Lipinski definition) is 4. The van der Waals surface area contributed by atoms with Crippen molar-refractivity contribution in [3.05, 3.63) is 0 Å². The first-order valence-corrected chi connectivity index (χ1v) is 5.56. The van der Waals surface area contributed by atoms with Crippen LogP contribution in [-0.2, 0) is 4.65 Å². The minimum Gasteiger partial charge on any atom is -0.402 e. The van der Waals surface area contributed by atoms with Crippen molar-refractivity contribution < 1.29 is 19.8 Å². The maximum Gasteiger partial charge on any atom is 0.634 e. The molecule has 0 radical (unpaired) electrons. The average molecular weight is 216 g/mol. The van der Waals surface area contributed by atoms with E-state index in [0.29, 0.717) is 12.3 Å². The van der Waals surface area contributed by atoms with E-state index >= 15 is 0 Å². The molecule has 0 spiro atoms. The highest BCUT2D eigenvalue weighted by Gasteiger charge is 2.40. The lowest BCUT2D eigenvalue weighted by Gasteiger charge is -2.42.